The van der Waals surface area contributed by atoms with Gasteiger partial charge in [-0.3, -0.25) is 9.78 Å². The SMILES string of the molecule is Cl.Cl.NCC(=O)c1cncc(Br)c1. The van der Waals surface area contributed by atoms with Gasteiger partial charge in [0.25, 0.3) is 0 Å². The predicted octanol–water partition coefficient (Wildman–Crippen LogP) is 1.83. The first-order valence-corrected chi connectivity index (χ1v) is 3.87. The van der Waals surface area contributed by atoms with Gasteiger partial charge in [0, 0.05) is 22.4 Å². The normalized spacial score (nSPS) is 8.15. The quantitative estimate of drug-likeness (QED) is 0.845. The molecule has 0 spiro atoms. The van der Waals surface area contributed by atoms with Crippen LogP contribution in [0.1, 0.15) is 10.4 Å². The first-order chi connectivity index (χ1) is 5.24. The van der Waals surface area contributed by atoms with Gasteiger partial charge in [0.05, 0.1) is 6.54 Å². The first kappa shape index (κ1) is 15.3. The second-order valence-corrected chi connectivity index (χ2v) is 2.93. The number of hydrogen-bond donors (Lipinski definition) is 1. The minimum atomic E-state index is -0.0983. The molecule has 0 fully saturated rings. The Morgan fingerprint density at radius 2 is 2.08 bits per heavy atom. The monoisotopic (exact) mass is 286 g/mol. The van der Waals surface area contributed by atoms with Crippen LogP contribution in [0.2, 0.25) is 0 Å². The molecule has 1 rings (SSSR count). The summed E-state index contributed by atoms with van der Waals surface area (Å²) in [6.07, 6.45) is 3.12. The van der Waals surface area contributed by atoms with E-state index in [0.717, 1.165) is 4.47 Å². The highest BCUT2D eigenvalue weighted by Gasteiger charge is 2.02. The fraction of sp³-hybridized carbons (Fsp3) is 0.143. The average molecular weight is 288 g/mol. The van der Waals surface area contributed by atoms with Crippen LogP contribution in [0.25, 0.3) is 0 Å². The Morgan fingerprint density at radius 1 is 1.46 bits per heavy atom. The van der Waals surface area contributed by atoms with E-state index in [-0.39, 0.29) is 37.1 Å². The number of rotatable bonds is 2. The molecule has 0 aliphatic carbocycles. The summed E-state index contributed by atoms with van der Waals surface area (Å²) in [5.41, 5.74) is 5.70. The number of halogens is 3. The molecule has 0 aromatic carbocycles. The standard InChI is InChI=1S/C7H7BrN2O.2ClH/c8-6-1-5(3-10-4-6)7(11)2-9;;/h1,3-4H,2,9H2;2*1H. The van der Waals surface area contributed by atoms with E-state index in [1.165, 1.54) is 6.20 Å². The number of pyridine rings is 1. The smallest absolute Gasteiger partial charge is 0.177 e. The highest BCUT2D eigenvalue weighted by atomic mass is 79.9. The van der Waals surface area contributed by atoms with Gasteiger partial charge in [-0.1, -0.05) is 0 Å². The zero-order chi connectivity index (χ0) is 8.27. The average Bonchev–Trinajstić information content (AvgIpc) is 2.03. The maximum absolute atomic E-state index is 11.0. The van der Waals surface area contributed by atoms with Crippen LogP contribution in [0.15, 0.2) is 22.9 Å². The summed E-state index contributed by atoms with van der Waals surface area (Å²) in [7, 11) is 0. The fourth-order valence-electron chi connectivity index (χ4n) is 0.682. The first-order valence-electron chi connectivity index (χ1n) is 3.08. The number of aromatic nitrogens is 1. The third-order valence-electron chi connectivity index (χ3n) is 1.21. The molecule has 0 saturated heterocycles. The van der Waals surface area contributed by atoms with Crippen LogP contribution in [-0.2, 0) is 0 Å². The summed E-state index contributed by atoms with van der Waals surface area (Å²) in [5.74, 6) is -0.0983. The molecule has 0 amide bonds. The molecule has 2 N–H and O–H groups in total. The lowest BCUT2D eigenvalue weighted by molar-refractivity contribution is 0.100. The molecule has 0 bridgehead atoms. The zero-order valence-corrected chi connectivity index (χ0v) is 9.79. The van der Waals surface area contributed by atoms with Crippen molar-refractivity contribution >= 4 is 46.5 Å². The number of ketones is 1. The maximum atomic E-state index is 11.0. The van der Waals surface area contributed by atoms with E-state index in [1.807, 2.05) is 0 Å². The Hall–Kier alpha value is -0.160. The summed E-state index contributed by atoms with van der Waals surface area (Å²) in [5, 5.41) is 0. The van der Waals surface area contributed by atoms with Crippen molar-refractivity contribution in [3.8, 4) is 0 Å². The lowest BCUT2D eigenvalue weighted by atomic mass is 10.2. The van der Waals surface area contributed by atoms with Crippen LogP contribution in [0.5, 0.6) is 0 Å². The summed E-state index contributed by atoms with van der Waals surface area (Å²) in [6, 6.07) is 1.70. The molecule has 0 unspecified atom stereocenters. The molecule has 0 radical (unpaired) electrons. The van der Waals surface area contributed by atoms with Crippen molar-refractivity contribution in [2.75, 3.05) is 6.54 Å². The van der Waals surface area contributed by atoms with Crippen LogP contribution in [0.3, 0.4) is 0 Å². The maximum Gasteiger partial charge on any atom is 0.177 e. The predicted molar refractivity (Wildman–Crippen MR) is 59.8 cm³/mol. The number of carbonyl (C=O) groups is 1. The number of nitrogens with zero attached hydrogens (tertiary/aromatic N) is 1. The summed E-state index contributed by atoms with van der Waals surface area (Å²) in [4.78, 5) is 14.8. The van der Waals surface area contributed by atoms with Gasteiger partial charge in [-0.25, -0.2) is 0 Å². The summed E-state index contributed by atoms with van der Waals surface area (Å²) >= 11 is 3.20. The molecule has 1 aromatic heterocycles. The largest absolute Gasteiger partial charge is 0.324 e. The molecular formula is C7H9BrCl2N2O. The van der Waals surface area contributed by atoms with Crippen molar-refractivity contribution in [1.82, 2.24) is 4.98 Å². The Bertz CT molecular complexity index is 283. The zero-order valence-electron chi connectivity index (χ0n) is 6.57. The Kier molecular flexibility index (Phi) is 8.56. The van der Waals surface area contributed by atoms with E-state index in [1.54, 1.807) is 12.3 Å². The van der Waals surface area contributed by atoms with Crippen molar-refractivity contribution in [2.24, 2.45) is 5.73 Å². The van der Waals surface area contributed by atoms with Crippen molar-refractivity contribution in [2.45, 2.75) is 0 Å². The van der Waals surface area contributed by atoms with Crippen LogP contribution in [-0.4, -0.2) is 17.3 Å². The van der Waals surface area contributed by atoms with E-state index in [2.05, 4.69) is 20.9 Å². The number of carbonyl (C=O) groups excluding carboxylic acids is 1. The Morgan fingerprint density at radius 3 is 2.54 bits per heavy atom. The van der Waals surface area contributed by atoms with Gasteiger partial charge in [0.15, 0.2) is 5.78 Å². The lowest BCUT2D eigenvalue weighted by Gasteiger charge is -1.95. The van der Waals surface area contributed by atoms with E-state index in [9.17, 15) is 4.79 Å². The number of Topliss-reactive ketones (excluding diaryl/α,β-unsaturated/α-hetero) is 1. The van der Waals surface area contributed by atoms with Crippen molar-refractivity contribution in [3.05, 3.63) is 28.5 Å². The van der Waals surface area contributed by atoms with Crippen LogP contribution in [0, 0.1) is 0 Å². The molecule has 0 aliphatic rings. The van der Waals surface area contributed by atoms with E-state index in [0.29, 0.717) is 5.56 Å². The molecule has 6 heteroatoms. The van der Waals surface area contributed by atoms with Gasteiger partial charge in [-0.15, -0.1) is 24.8 Å². The highest BCUT2D eigenvalue weighted by Crippen LogP contribution is 2.09. The molecule has 74 valence electrons. The van der Waals surface area contributed by atoms with Crippen LogP contribution >= 0.6 is 40.7 Å². The van der Waals surface area contributed by atoms with Gasteiger partial charge in [-0.05, 0) is 22.0 Å². The van der Waals surface area contributed by atoms with Crippen molar-refractivity contribution in [3.63, 3.8) is 0 Å². The van der Waals surface area contributed by atoms with Gasteiger partial charge in [0.2, 0.25) is 0 Å². The third-order valence-corrected chi connectivity index (χ3v) is 1.65. The van der Waals surface area contributed by atoms with E-state index >= 15 is 0 Å². The van der Waals surface area contributed by atoms with Gasteiger partial charge in [0.1, 0.15) is 0 Å². The molecule has 1 heterocycles. The van der Waals surface area contributed by atoms with Gasteiger partial charge >= 0.3 is 0 Å². The molecule has 13 heavy (non-hydrogen) atoms. The second kappa shape index (κ2) is 7.26. The van der Waals surface area contributed by atoms with Crippen LogP contribution in [0.4, 0.5) is 0 Å². The number of hydrogen-bond acceptors (Lipinski definition) is 3. The molecule has 3 nitrogen and oxygen atoms in total. The van der Waals surface area contributed by atoms with Gasteiger partial charge < -0.3 is 5.73 Å². The molecule has 1 aromatic rings. The fourth-order valence-corrected chi connectivity index (χ4v) is 1.05. The molecule has 0 saturated carbocycles. The summed E-state index contributed by atoms with van der Waals surface area (Å²) < 4.78 is 0.789. The molecule has 0 aliphatic heterocycles. The number of nitrogens with two attached hydrogens (primary N) is 1. The lowest BCUT2D eigenvalue weighted by Crippen LogP contribution is -2.13. The third kappa shape index (κ3) is 4.57. The second-order valence-electron chi connectivity index (χ2n) is 2.02. The van der Waals surface area contributed by atoms with E-state index < -0.39 is 0 Å². The topological polar surface area (TPSA) is 56.0 Å². The van der Waals surface area contributed by atoms with E-state index in [4.69, 9.17) is 5.73 Å². The van der Waals surface area contributed by atoms with Crippen LogP contribution < -0.4 is 5.73 Å². The van der Waals surface area contributed by atoms with Crippen molar-refractivity contribution < 1.29 is 4.79 Å². The molecular weight excluding hydrogens is 279 g/mol. The van der Waals surface area contributed by atoms with Gasteiger partial charge in [-0.2, -0.15) is 0 Å². The molecule has 0 atom stereocenters. The van der Waals surface area contributed by atoms with Crippen molar-refractivity contribution in [1.29, 1.82) is 0 Å². The Labute approximate surface area is 97.1 Å². The Balaban J connectivity index is 0. The highest BCUT2D eigenvalue weighted by molar-refractivity contribution is 9.10. The summed E-state index contributed by atoms with van der Waals surface area (Å²) in [6.45, 7) is 0.0259. The minimum absolute atomic E-state index is 0. The minimum Gasteiger partial charge on any atom is -0.324 e.